The van der Waals surface area contributed by atoms with E-state index in [9.17, 15) is 9.18 Å². The summed E-state index contributed by atoms with van der Waals surface area (Å²) in [6, 6.07) is 3.16. The second-order valence-corrected chi connectivity index (χ2v) is 8.90. The van der Waals surface area contributed by atoms with Gasteiger partial charge in [0.15, 0.2) is 0 Å². The van der Waals surface area contributed by atoms with Gasteiger partial charge >= 0.3 is 0 Å². The summed E-state index contributed by atoms with van der Waals surface area (Å²) in [5.74, 6) is -0.261. The van der Waals surface area contributed by atoms with Crippen molar-refractivity contribution in [2.45, 2.75) is 92.5 Å². The molecule has 0 heterocycles. The number of halogens is 2. The molecule has 26 heavy (non-hydrogen) atoms. The van der Waals surface area contributed by atoms with E-state index in [0.717, 1.165) is 38.5 Å². The van der Waals surface area contributed by atoms with Crippen LogP contribution in [-0.2, 0) is 4.79 Å². The lowest BCUT2D eigenvalue weighted by Gasteiger charge is -2.35. The highest BCUT2D eigenvalue weighted by Crippen LogP contribution is 2.34. The molecule has 0 saturated carbocycles. The molecule has 0 saturated heterocycles. The number of unbranched alkanes of at least 4 members (excludes halogenated alkanes) is 2. The van der Waals surface area contributed by atoms with Crippen LogP contribution in [0.25, 0.3) is 0 Å². The second kappa shape index (κ2) is 10.3. The average molecular weight is 384 g/mol. The van der Waals surface area contributed by atoms with E-state index in [-0.39, 0.29) is 23.2 Å². The molecule has 0 spiro atoms. The molecule has 0 fully saturated rings. The zero-order chi connectivity index (χ0) is 19.9. The minimum Gasteiger partial charge on any atom is -0.308 e. The lowest BCUT2D eigenvalue weighted by Crippen LogP contribution is -2.42. The Labute approximate surface area is 164 Å². The third-order valence-electron chi connectivity index (χ3n) is 4.58. The number of nitrogens with zero attached hydrogens (tertiary/aromatic N) is 1. The molecule has 148 valence electrons. The summed E-state index contributed by atoms with van der Waals surface area (Å²) < 4.78 is 13.9. The summed E-state index contributed by atoms with van der Waals surface area (Å²) in [5.41, 5.74) is 1.05. The Morgan fingerprint density at radius 1 is 1.15 bits per heavy atom. The van der Waals surface area contributed by atoms with Crippen LogP contribution in [0.4, 0.5) is 10.1 Å². The van der Waals surface area contributed by atoms with Gasteiger partial charge in [0, 0.05) is 12.5 Å². The van der Waals surface area contributed by atoms with Crippen molar-refractivity contribution < 1.29 is 9.18 Å². The van der Waals surface area contributed by atoms with E-state index in [0.29, 0.717) is 22.7 Å². The van der Waals surface area contributed by atoms with Gasteiger partial charge in [0.1, 0.15) is 5.82 Å². The fourth-order valence-corrected chi connectivity index (χ4v) is 3.42. The number of amides is 1. The van der Waals surface area contributed by atoms with Gasteiger partial charge in [-0.1, -0.05) is 71.9 Å². The smallest absolute Gasteiger partial charge is 0.227 e. The van der Waals surface area contributed by atoms with Gasteiger partial charge in [-0.05, 0) is 42.9 Å². The van der Waals surface area contributed by atoms with Crippen LogP contribution in [0.5, 0.6) is 0 Å². The Morgan fingerprint density at radius 2 is 1.69 bits per heavy atom. The zero-order valence-corrected chi connectivity index (χ0v) is 18.0. The lowest BCUT2D eigenvalue weighted by molar-refractivity contribution is -0.120. The third kappa shape index (κ3) is 6.90. The third-order valence-corrected chi connectivity index (χ3v) is 4.89. The largest absolute Gasteiger partial charge is 0.308 e. The molecular weight excluding hydrogens is 349 g/mol. The SMILES string of the molecule is CCCCC(CCCC)N(C(=O)CC(C)(C)C)c1cc(C)c(F)cc1Cl. The van der Waals surface area contributed by atoms with Crippen molar-refractivity contribution in [3.63, 3.8) is 0 Å². The highest BCUT2D eigenvalue weighted by atomic mass is 35.5. The molecule has 2 nitrogen and oxygen atoms in total. The van der Waals surface area contributed by atoms with E-state index in [1.807, 2.05) is 4.90 Å². The van der Waals surface area contributed by atoms with Crippen LogP contribution in [0.3, 0.4) is 0 Å². The number of aryl methyl sites for hydroxylation is 1. The van der Waals surface area contributed by atoms with E-state index in [1.165, 1.54) is 6.07 Å². The number of benzene rings is 1. The quantitative estimate of drug-likeness (QED) is 0.437. The number of hydrogen-bond acceptors (Lipinski definition) is 1. The summed E-state index contributed by atoms with van der Waals surface area (Å²) in [7, 11) is 0. The summed E-state index contributed by atoms with van der Waals surface area (Å²) in [4.78, 5) is 15.1. The van der Waals surface area contributed by atoms with E-state index >= 15 is 0 Å². The highest BCUT2D eigenvalue weighted by molar-refractivity contribution is 6.33. The predicted octanol–water partition coefficient (Wildman–Crippen LogP) is 7.31. The highest BCUT2D eigenvalue weighted by Gasteiger charge is 2.29. The molecule has 0 atom stereocenters. The molecular formula is C22H35ClFNO. The standard InChI is InChI=1S/C22H35ClFNO/c1-7-9-11-17(12-10-8-2)25(21(26)15-22(4,5)6)20-13-16(3)19(24)14-18(20)23/h13-14,17H,7-12,15H2,1-6H3. The van der Waals surface area contributed by atoms with Crippen molar-refractivity contribution >= 4 is 23.2 Å². The van der Waals surface area contributed by atoms with Crippen molar-refractivity contribution in [3.8, 4) is 0 Å². The molecule has 0 bridgehead atoms. The minimum absolute atomic E-state index is 0.0719. The molecule has 0 unspecified atom stereocenters. The zero-order valence-electron chi connectivity index (χ0n) is 17.3. The van der Waals surface area contributed by atoms with Crippen LogP contribution in [0.2, 0.25) is 5.02 Å². The average Bonchev–Trinajstić information content (AvgIpc) is 2.52. The van der Waals surface area contributed by atoms with E-state index in [1.54, 1.807) is 13.0 Å². The van der Waals surface area contributed by atoms with Gasteiger partial charge in [0.05, 0.1) is 10.7 Å². The molecule has 0 N–H and O–H groups in total. The molecule has 4 heteroatoms. The topological polar surface area (TPSA) is 20.3 Å². The van der Waals surface area contributed by atoms with Gasteiger partial charge in [-0.2, -0.15) is 0 Å². The van der Waals surface area contributed by atoms with Crippen molar-refractivity contribution in [1.82, 2.24) is 0 Å². The van der Waals surface area contributed by atoms with Crippen LogP contribution in [0, 0.1) is 18.2 Å². The number of anilines is 1. The molecule has 1 amide bonds. The fourth-order valence-electron chi connectivity index (χ4n) is 3.18. The van der Waals surface area contributed by atoms with Crippen molar-refractivity contribution in [2.75, 3.05) is 4.90 Å². The van der Waals surface area contributed by atoms with E-state index in [2.05, 4.69) is 34.6 Å². The van der Waals surface area contributed by atoms with E-state index in [4.69, 9.17) is 11.6 Å². The molecule has 0 aromatic heterocycles. The molecule has 1 aromatic rings. The van der Waals surface area contributed by atoms with Gasteiger partial charge in [0.25, 0.3) is 0 Å². The van der Waals surface area contributed by atoms with Crippen LogP contribution >= 0.6 is 11.6 Å². The van der Waals surface area contributed by atoms with Gasteiger partial charge in [0.2, 0.25) is 5.91 Å². The van der Waals surface area contributed by atoms with Crippen LogP contribution in [-0.4, -0.2) is 11.9 Å². The maximum Gasteiger partial charge on any atom is 0.227 e. The van der Waals surface area contributed by atoms with Gasteiger partial charge in [-0.3, -0.25) is 4.79 Å². The monoisotopic (exact) mass is 383 g/mol. The van der Waals surface area contributed by atoms with Crippen LogP contribution in [0.15, 0.2) is 12.1 Å². The minimum atomic E-state index is -0.333. The fraction of sp³-hybridized carbons (Fsp3) is 0.682. The summed E-state index contributed by atoms with van der Waals surface area (Å²) in [5, 5.41) is 0.313. The summed E-state index contributed by atoms with van der Waals surface area (Å²) in [6.07, 6.45) is 6.62. The van der Waals surface area contributed by atoms with E-state index < -0.39 is 0 Å². The van der Waals surface area contributed by atoms with Crippen molar-refractivity contribution in [1.29, 1.82) is 0 Å². The first kappa shape index (κ1) is 23.0. The molecule has 0 aliphatic rings. The Morgan fingerprint density at radius 3 is 2.15 bits per heavy atom. The van der Waals surface area contributed by atoms with Gasteiger partial charge in [-0.15, -0.1) is 0 Å². The number of hydrogen-bond donors (Lipinski definition) is 0. The first-order valence-electron chi connectivity index (χ1n) is 9.88. The Hall–Kier alpha value is -1.09. The first-order chi connectivity index (χ1) is 12.1. The Bertz CT molecular complexity index is 587. The van der Waals surface area contributed by atoms with Crippen LogP contribution < -0.4 is 4.90 Å². The first-order valence-corrected chi connectivity index (χ1v) is 10.3. The summed E-state index contributed by atoms with van der Waals surface area (Å²) in [6.45, 7) is 12.2. The van der Waals surface area contributed by atoms with Gasteiger partial charge < -0.3 is 4.90 Å². The lowest BCUT2D eigenvalue weighted by atomic mass is 9.90. The summed E-state index contributed by atoms with van der Waals surface area (Å²) >= 11 is 6.39. The van der Waals surface area contributed by atoms with Crippen LogP contribution in [0.1, 0.15) is 85.1 Å². The molecule has 0 aliphatic carbocycles. The normalized spacial score (nSPS) is 11.9. The van der Waals surface area contributed by atoms with Crippen molar-refractivity contribution in [3.05, 3.63) is 28.5 Å². The molecule has 0 aliphatic heterocycles. The second-order valence-electron chi connectivity index (χ2n) is 8.49. The number of carbonyl (C=O) groups excluding carboxylic acids is 1. The molecule has 1 aromatic carbocycles. The Balaban J connectivity index is 3.35. The molecule has 0 radical (unpaired) electrons. The predicted molar refractivity (Wildman–Crippen MR) is 111 cm³/mol. The number of rotatable bonds is 9. The van der Waals surface area contributed by atoms with Crippen molar-refractivity contribution in [2.24, 2.45) is 5.41 Å². The molecule has 1 rings (SSSR count). The van der Waals surface area contributed by atoms with Gasteiger partial charge in [-0.25, -0.2) is 4.39 Å². The number of carbonyl (C=O) groups is 1. The Kier molecular flexibility index (Phi) is 9.09. The maximum absolute atomic E-state index is 13.9. The maximum atomic E-state index is 13.9.